The Morgan fingerprint density at radius 3 is 2.64 bits per heavy atom. The molecule has 7 heteroatoms. The maximum Gasteiger partial charge on any atom is 0.335 e. The Bertz CT molecular complexity index is 906. The van der Waals surface area contributed by atoms with Crippen molar-refractivity contribution in [1.82, 2.24) is 4.98 Å². The first-order valence-electron chi connectivity index (χ1n) is 9.05. The van der Waals surface area contributed by atoms with Crippen LogP contribution >= 0.6 is 11.8 Å². The van der Waals surface area contributed by atoms with Gasteiger partial charge in [0, 0.05) is 11.4 Å². The van der Waals surface area contributed by atoms with E-state index in [0.717, 1.165) is 12.1 Å². The molecular formula is C21H23N3O3S. The fourth-order valence-electron chi connectivity index (χ4n) is 2.60. The molecule has 1 heterocycles. The molecule has 6 nitrogen and oxygen atoms in total. The molecule has 146 valence electrons. The van der Waals surface area contributed by atoms with Crippen LogP contribution in [-0.2, 0) is 11.2 Å². The minimum atomic E-state index is -1.05. The van der Waals surface area contributed by atoms with Crippen molar-refractivity contribution in [2.24, 2.45) is 5.92 Å². The SMILES string of the molecule is CCC(Sc1nc(CC(C)C)ccc1C#N)C(=O)Nc1cccc(C(=O)O)c1. The van der Waals surface area contributed by atoms with E-state index in [0.29, 0.717) is 28.6 Å². The number of rotatable bonds is 8. The van der Waals surface area contributed by atoms with Gasteiger partial charge in [-0.05, 0) is 49.1 Å². The number of carboxylic acids is 1. The molecule has 1 aromatic heterocycles. The summed E-state index contributed by atoms with van der Waals surface area (Å²) in [4.78, 5) is 28.4. The summed E-state index contributed by atoms with van der Waals surface area (Å²) in [5, 5.41) is 21.3. The number of thioether (sulfide) groups is 1. The van der Waals surface area contributed by atoms with Gasteiger partial charge in [-0.25, -0.2) is 9.78 Å². The molecule has 0 saturated heterocycles. The first-order chi connectivity index (χ1) is 13.3. The topological polar surface area (TPSA) is 103 Å². The summed E-state index contributed by atoms with van der Waals surface area (Å²) < 4.78 is 0. The second-order valence-electron chi connectivity index (χ2n) is 6.76. The van der Waals surface area contributed by atoms with Gasteiger partial charge in [0.25, 0.3) is 0 Å². The maximum absolute atomic E-state index is 12.7. The number of carboxylic acid groups (broad SMARTS) is 1. The number of hydrogen-bond acceptors (Lipinski definition) is 5. The van der Waals surface area contributed by atoms with Crippen LogP contribution in [0.1, 0.15) is 48.8 Å². The Balaban J connectivity index is 2.19. The largest absolute Gasteiger partial charge is 0.478 e. The highest BCUT2D eigenvalue weighted by Gasteiger charge is 2.21. The average molecular weight is 398 g/mol. The van der Waals surface area contributed by atoms with E-state index < -0.39 is 11.2 Å². The molecule has 28 heavy (non-hydrogen) atoms. The van der Waals surface area contributed by atoms with E-state index in [9.17, 15) is 14.9 Å². The van der Waals surface area contributed by atoms with E-state index in [1.807, 2.05) is 13.0 Å². The zero-order chi connectivity index (χ0) is 20.7. The fraction of sp³-hybridized carbons (Fsp3) is 0.333. The van der Waals surface area contributed by atoms with Crippen molar-refractivity contribution in [1.29, 1.82) is 5.26 Å². The van der Waals surface area contributed by atoms with E-state index in [2.05, 4.69) is 30.2 Å². The van der Waals surface area contributed by atoms with Crippen LogP contribution in [0.25, 0.3) is 0 Å². The van der Waals surface area contributed by atoms with Gasteiger partial charge in [0.05, 0.1) is 16.4 Å². The van der Waals surface area contributed by atoms with Crippen LogP contribution in [0.15, 0.2) is 41.4 Å². The fourth-order valence-corrected chi connectivity index (χ4v) is 3.61. The second-order valence-corrected chi connectivity index (χ2v) is 7.95. The van der Waals surface area contributed by atoms with E-state index in [1.165, 1.54) is 23.9 Å². The van der Waals surface area contributed by atoms with Crippen molar-refractivity contribution in [2.75, 3.05) is 5.32 Å². The molecule has 0 aliphatic heterocycles. The first kappa shape index (κ1) is 21.5. The summed E-state index contributed by atoms with van der Waals surface area (Å²) in [6, 6.07) is 11.8. The quantitative estimate of drug-likeness (QED) is 0.642. The average Bonchev–Trinajstić information content (AvgIpc) is 2.65. The van der Waals surface area contributed by atoms with Gasteiger partial charge >= 0.3 is 5.97 Å². The first-order valence-corrected chi connectivity index (χ1v) is 9.92. The van der Waals surface area contributed by atoms with Crippen LogP contribution in [0.3, 0.4) is 0 Å². The zero-order valence-electron chi connectivity index (χ0n) is 16.1. The van der Waals surface area contributed by atoms with E-state index in [1.54, 1.807) is 18.2 Å². The molecule has 0 saturated carbocycles. The summed E-state index contributed by atoms with van der Waals surface area (Å²) in [5.74, 6) is -0.873. The molecule has 2 N–H and O–H groups in total. The van der Waals surface area contributed by atoms with Gasteiger partial charge in [0.1, 0.15) is 11.1 Å². The normalized spacial score (nSPS) is 11.7. The third-order valence-corrected chi connectivity index (χ3v) is 5.32. The molecule has 0 radical (unpaired) electrons. The predicted molar refractivity (Wildman–Crippen MR) is 109 cm³/mol. The van der Waals surface area contributed by atoms with Crippen LogP contribution in [-0.4, -0.2) is 27.2 Å². The van der Waals surface area contributed by atoms with E-state index in [4.69, 9.17) is 5.11 Å². The van der Waals surface area contributed by atoms with Crippen LogP contribution in [0.2, 0.25) is 0 Å². The number of pyridine rings is 1. The summed E-state index contributed by atoms with van der Waals surface area (Å²) >= 11 is 1.26. The van der Waals surface area contributed by atoms with Crippen molar-refractivity contribution < 1.29 is 14.7 Å². The van der Waals surface area contributed by atoms with Gasteiger partial charge in [-0.1, -0.05) is 38.6 Å². The second kappa shape index (κ2) is 9.90. The third kappa shape index (κ3) is 5.83. The van der Waals surface area contributed by atoms with Crippen LogP contribution in [0.4, 0.5) is 5.69 Å². The Morgan fingerprint density at radius 1 is 1.29 bits per heavy atom. The molecule has 2 aromatic rings. The number of hydrogen-bond donors (Lipinski definition) is 2. The molecule has 0 spiro atoms. The minimum Gasteiger partial charge on any atom is -0.478 e. The summed E-state index contributed by atoms with van der Waals surface area (Å²) in [7, 11) is 0. The standard InChI is InChI=1S/C21H23N3O3S/c1-4-18(19(25)23-16-7-5-6-14(11-16)21(26)27)28-20-15(12-22)8-9-17(24-20)10-13(2)3/h5-9,11,13,18H,4,10H2,1-3H3,(H,23,25)(H,26,27). The Hall–Kier alpha value is -2.85. The number of nitriles is 1. The maximum atomic E-state index is 12.7. The molecule has 1 unspecified atom stereocenters. The smallest absolute Gasteiger partial charge is 0.335 e. The monoisotopic (exact) mass is 397 g/mol. The summed E-state index contributed by atoms with van der Waals surface area (Å²) in [6.07, 6.45) is 1.33. The Labute approximate surface area is 169 Å². The predicted octanol–water partition coefficient (Wildman–Crippen LogP) is 4.36. The van der Waals surface area contributed by atoms with Crippen molar-refractivity contribution in [3.8, 4) is 6.07 Å². The number of benzene rings is 1. The van der Waals surface area contributed by atoms with Crippen LogP contribution in [0.5, 0.6) is 0 Å². The highest BCUT2D eigenvalue weighted by molar-refractivity contribution is 8.00. The Morgan fingerprint density at radius 2 is 2.04 bits per heavy atom. The molecule has 0 bridgehead atoms. The van der Waals surface area contributed by atoms with Crippen LogP contribution in [0, 0.1) is 17.2 Å². The van der Waals surface area contributed by atoms with Crippen molar-refractivity contribution in [3.63, 3.8) is 0 Å². The number of anilines is 1. The van der Waals surface area contributed by atoms with Gasteiger partial charge in [-0.3, -0.25) is 4.79 Å². The number of amides is 1. The van der Waals surface area contributed by atoms with Gasteiger partial charge in [-0.2, -0.15) is 5.26 Å². The lowest BCUT2D eigenvalue weighted by Crippen LogP contribution is -2.25. The van der Waals surface area contributed by atoms with Crippen molar-refractivity contribution in [3.05, 3.63) is 53.2 Å². The van der Waals surface area contributed by atoms with Gasteiger partial charge in [0.2, 0.25) is 5.91 Å². The Kier molecular flexibility index (Phi) is 7.59. The number of aromatic nitrogens is 1. The lowest BCUT2D eigenvalue weighted by atomic mass is 10.1. The van der Waals surface area contributed by atoms with Crippen molar-refractivity contribution in [2.45, 2.75) is 43.9 Å². The lowest BCUT2D eigenvalue weighted by Gasteiger charge is -2.16. The van der Waals surface area contributed by atoms with Crippen molar-refractivity contribution >= 4 is 29.3 Å². The molecule has 0 aliphatic rings. The lowest BCUT2D eigenvalue weighted by molar-refractivity contribution is -0.115. The number of nitrogens with one attached hydrogen (secondary N) is 1. The summed E-state index contributed by atoms with van der Waals surface area (Å²) in [5.41, 5.74) is 1.86. The third-order valence-electron chi connectivity index (χ3n) is 3.95. The molecule has 2 rings (SSSR count). The number of carbonyl (C=O) groups excluding carboxylic acids is 1. The van der Waals surface area contributed by atoms with E-state index >= 15 is 0 Å². The molecule has 0 fully saturated rings. The molecule has 0 aliphatic carbocycles. The van der Waals surface area contributed by atoms with Crippen LogP contribution < -0.4 is 5.32 Å². The minimum absolute atomic E-state index is 0.105. The molecule has 1 atom stereocenters. The molecule has 1 amide bonds. The number of aromatic carboxylic acids is 1. The van der Waals surface area contributed by atoms with Gasteiger partial charge in [0.15, 0.2) is 0 Å². The van der Waals surface area contributed by atoms with Gasteiger partial charge < -0.3 is 10.4 Å². The summed E-state index contributed by atoms with van der Waals surface area (Å²) in [6.45, 7) is 6.08. The highest BCUT2D eigenvalue weighted by Crippen LogP contribution is 2.28. The molecular weight excluding hydrogens is 374 g/mol. The number of carbonyl (C=O) groups is 2. The zero-order valence-corrected chi connectivity index (χ0v) is 16.9. The van der Waals surface area contributed by atoms with Gasteiger partial charge in [-0.15, -0.1) is 0 Å². The van der Waals surface area contributed by atoms with E-state index in [-0.39, 0.29) is 11.5 Å². The highest BCUT2D eigenvalue weighted by atomic mass is 32.2. The number of nitrogens with zero attached hydrogens (tertiary/aromatic N) is 2. The molecule has 1 aromatic carbocycles.